The molecule has 0 atom stereocenters. The molecule has 0 aliphatic heterocycles. The zero-order valence-corrected chi connectivity index (χ0v) is 18.2. The van der Waals surface area contributed by atoms with E-state index in [1.165, 1.54) is 27.8 Å². The minimum absolute atomic E-state index is 0.232. The minimum atomic E-state index is -0.321. The minimum Gasteiger partial charge on any atom is -0.508 e. The molecule has 0 saturated heterocycles. The van der Waals surface area contributed by atoms with Crippen LogP contribution in [-0.4, -0.2) is 5.11 Å². The van der Waals surface area contributed by atoms with Crippen LogP contribution in [0.2, 0.25) is 0 Å². The van der Waals surface area contributed by atoms with Gasteiger partial charge in [0, 0.05) is 16.4 Å². The fourth-order valence-electron chi connectivity index (χ4n) is 4.75. The van der Waals surface area contributed by atoms with E-state index in [-0.39, 0.29) is 10.8 Å². The van der Waals surface area contributed by atoms with E-state index in [1.54, 1.807) is 0 Å². The van der Waals surface area contributed by atoms with E-state index in [9.17, 15) is 5.11 Å². The molecule has 1 N–H and O–H groups in total. The first kappa shape index (κ1) is 20.2. The Morgan fingerprint density at radius 2 is 1.07 bits per heavy atom. The van der Waals surface area contributed by atoms with Crippen LogP contribution < -0.4 is 0 Å². The number of rotatable bonds is 4. The molecule has 3 aromatic rings. The standard InChI is InChI=1S/C27H32O/c1-18-16-23(26(4,5)21-14-10-8-12-19(21)2)25(24(28)17-18)27(6,7)22-15-11-9-13-20(22)3/h8-17,28H,1-7H3. The molecule has 1 heteroatoms. The lowest BCUT2D eigenvalue weighted by molar-refractivity contribution is 0.444. The summed E-state index contributed by atoms with van der Waals surface area (Å²) in [6, 6.07) is 21.2. The first-order valence-corrected chi connectivity index (χ1v) is 10.0. The lowest BCUT2D eigenvalue weighted by atomic mass is 9.66. The molecule has 0 saturated carbocycles. The Balaban J connectivity index is 2.33. The van der Waals surface area contributed by atoms with Crippen LogP contribution in [0, 0.1) is 20.8 Å². The van der Waals surface area contributed by atoms with Gasteiger partial charge in [-0.25, -0.2) is 0 Å². The molecule has 1 nitrogen and oxygen atoms in total. The highest BCUT2D eigenvalue weighted by molar-refractivity contribution is 5.58. The normalized spacial score (nSPS) is 12.2. The molecular formula is C27H32O. The highest BCUT2D eigenvalue weighted by atomic mass is 16.3. The number of phenolic OH excluding ortho intramolecular Hbond substituents is 1. The van der Waals surface area contributed by atoms with Crippen LogP contribution >= 0.6 is 0 Å². The van der Waals surface area contributed by atoms with Crippen LogP contribution in [0.15, 0.2) is 60.7 Å². The van der Waals surface area contributed by atoms with E-state index in [4.69, 9.17) is 0 Å². The van der Waals surface area contributed by atoms with E-state index in [0.29, 0.717) is 5.75 Å². The van der Waals surface area contributed by atoms with Crippen molar-refractivity contribution in [3.05, 3.63) is 99.6 Å². The first-order valence-electron chi connectivity index (χ1n) is 10.0. The highest BCUT2D eigenvalue weighted by Crippen LogP contribution is 2.46. The zero-order valence-electron chi connectivity index (χ0n) is 18.2. The predicted molar refractivity (Wildman–Crippen MR) is 119 cm³/mol. The second-order valence-electron chi connectivity index (χ2n) is 9.09. The fraction of sp³-hybridized carbons (Fsp3) is 0.333. The SMILES string of the molecule is Cc1cc(O)c(C(C)(C)c2ccccc2C)c(C(C)(C)c2ccccc2C)c1. The first-order chi connectivity index (χ1) is 13.1. The van der Waals surface area contributed by atoms with Gasteiger partial charge in [-0.1, -0.05) is 82.3 Å². The largest absolute Gasteiger partial charge is 0.508 e. The summed E-state index contributed by atoms with van der Waals surface area (Å²) in [7, 11) is 0. The third kappa shape index (κ3) is 3.35. The fourth-order valence-corrected chi connectivity index (χ4v) is 4.75. The average Bonchev–Trinajstić information content (AvgIpc) is 2.61. The van der Waals surface area contributed by atoms with Crippen molar-refractivity contribution < 1.29 is 5.11 Å². The van der Waals surface area contributed by atoms with Crippen molar-refractivity contribution in [2.75, 3.05) is 0 Å². The summed E-state index contributed by atoms with van der Waals surface area (Å²) in [4.78, 5) is 0. The monoisotopic (exact) mass is 372 g/mol. The third-order valence-corrected chi connectivity index (χ3v) is 6.20. The number of hydrogen-bond acceptors (Lipinski definition) is 1. The Bertz CT molecular complexity index is 1010. The maximum atomic E-state index is 11.1. The molecule has 0 unspecified atom stereocenters. The van der Waals surface area contributed by atoms with Gasteiger partial charge in [-0.3, -0.25) is 0 Å². The van der Waals surface area contributed by atoms with Crippen molar-refractivity contribution in [1.82, 2.24) is 0 Å². The lowest BCUT2D eigenvalue weighted by Crippen LogP contribution is -2.29. The van der Waals surface area contributed by atoms with Gasteiger partial charge in [-0.05, 0) is 60.2 Å². The van der Waals surface area contributed by atoms with Crippen molar-refractivity contribution in [2.24, 2.45) is 0 Å². The topological polar surface area (TPSA) is 20.2 Å². The molecule has 0 aliphatic carbocycles. The summed E-state index contributed by atoms with van der Waals surface area (Å²) >= 11 is 0. The zero-order chi connectivity index (χ0) is 20.7. The van der Waals surface area contributed by atoms with E-state index in [2.05, 4.69) is 103 Å². The molecule has 0 amide bonds. The van der Waals surface area contributed by atoms with Crippen molar-refractivity contribution in [2.45, 2.75) is 59.3 Å². The molecule has 3 aromatic carbocycles. The van der Waals surface area contributed by atoms with Gasteiger partial charge in [0.05, 0.1) is 0 Å². The van der Waals surface area contributed by atoms with Crippen molar-refractivity contribution in [1.29, 1.82) is 0 Å². The lowest BCUT2D eigenvalue weighted by Gasteiger charge is -2.37. The summed E-state index contributed by atoms with van der Waals surface area (Å²) in [6.07, 6.45) is 0. The molecule has 0 heterocycles. The molecular weight excluding hydrogens is 340 g/mol. The average molecular weight is 373 g/mol. The van der Waals surface area contributed by atoms with Crippen molar-refractivity contribution in [3.63, 3.8) is 0 Å². The van der Waals surface area contributed by atoms with Crippen molar-refractivity contribution >= 4 is 0 Å². The van der Waals surface area contributed by atoms with Gasteiger partial charge < -0.3 is 5.11 Å². The number of aromatic hydroxyl groups is 1. The summed E-state index contributed by atoms with van der Waals surface area (Å²) in [5.74, 6) is 0.380. The molecule has 0 fully saturated rings. The second kappa shape index (κ2) is 7.13. The van der Waals surface area contributed by atoms with Gasteiger partial charge in [0.15, 0.2) is 0 Å². The van der Waals surface area contributed by atoms with Crippen LogP contribution in [0.5, 0.6) is 5.75 Å². The van der Waals surface area contributed by atoms with Crippen LogP contribution in [0.3, 0.4) is 0 Å². The quantitative estimate of drug-likeness (QED) is 0.524. The molecule has 3 rings (SSSR count). The Morgan fingerprint density at radius 1 is 0.607 bits per heavy atom. The van der Waals surface area contributed by atoms with Gasteiger partial charge in [0.25, 0.3) is 0 Å². The molecule has 0 bridgehead atoms. The van der Waals surface area contributed by atoms with Crippen LogP contribution in [0.1, 0.15) is 66.6 Å². The Morgan fingerprint density at radius 3 is 1.57 bits per heavy atom. The van der Waals surface area contributed by atoms with E-state index in [0.717, 1.165) is 11.1 Å². The molecule has 146 valence electrons. The van der Waals surface area contributed by atoms with Gasteiger partial charge in [0.2, 0.25) is 0 Å². The number of aryl methyl sites for hydroxylation is 3. The summed E-state index contributed by atoms with van der Waals surface area (Å²) in [5, 5.41) is 11.1. The number of phenols is 1. The van der Waals surface area contributed by atoms with Crippen LogP contribution in [0.4, 0.5) is 0 Å². The molecule has 0 radical (unpaired) electrons. The predicted octanol–water partition coefficient (Wildman–Crippen LogP) is 6.97. The molecule has 0 aliphatic rings. The summed E-state index contributed by atoms with van der Waals surface area (Å²) in [6.45, 7) is 15.3. The van der Waals surface area contributed by atoms with Crippen molar-refractivity contribution in [3.8, 4) is 5.75 Å². The molecule has 0 aromatic heterocycles. The number of benzene rings is 3. The van der Waals surface area contributed by atoms with E-state index in [1.807, 2.05) is 6.07 Å². The Labute approximate surface area is 170 Å². The Hall–Kier alpha value is -2.54. The highest BCUT2D eigenvalue weighted by Gasteiger charge is 2.36. The smallest absolute Gasteiger partial charge is 0.120 e. The number of hydrogen-bond donors (Lipinski definition) is 1. The van der Waals surface area contributed by atoms with Crippen LogP contribution in [-0.2, 0) is 10.8 Å². The van der Waals surface area contributed by atoms with E-state index >= 15 is 0 Å². The van der Waals surface area contributed by atoms with Crippen LogP contribution in [0.25, 0.3) is 0 Å². The molecule has 28 heavy (non-hydrogen) atoms. The van der Waals surface area contributed by atoms with Gasteiger partial charge in [-0.15, -0.1) is 0 Å². The van der Waals surface area contributed by atoms with Gasteiger partial charge in [-0.2, -0.15) is 0 Å². The second-order valence-corrected chi connectivity index (χ2v) is 9.09. The summed E-state index contributed by atoms with van der Waals surface area (Å²) < 4.78 is 0. The van der Waals surface area contributed by atoms with E-state index < -0.39 is 0 Å². The Kier molecular flexibility index (Phi) is 5.14. The molecule has 0 spiro atoms. The third-order valence-electron chi connectivity index (χ3n) is 6.20. The maximum absolute atomic E-state index is 11.1. The van der Waals surface area contributed by atoms with Gasteiger partial charge in [0.1, 0.15) is 5.75 Å². The van der Waals surface area contributed by atoms with Gasteiger partial charge >= 0.3 is 0 Å². The maximum Gasteiger partial charge on any atom is 0.120 e. The summed E-state index contributed by atoms with van der Waals surface area (Å²) in [5.41, 5.74) is 7.78.